The van der Waals surface area contributed by atoms with Crippen LogP contribution in [0.4, 0.5) is 0 Å². The summed E-state index contributed by atoms with van der Waals surface area (Å²) in [6.07, 6.45) is 5.89. The highest BCUT2D eigenvalue weighted by molar-refractivity contribution is 7.09. The lowest BCUT2D eigenvalue weighted by atomic mass is 9.99. The lowest BCUT2D eigenvalue weighted by molar-refractivity contribution is 0.397. The quantitative estimate of drug-likeness (QED) is 0.807. The summed E-state index contributed by atoms with van der Waals surface area (Å²) < 4.78 is 0. The third kappa shape index (κ3) is 2.79. The highest BCUT2D eigenvalue weighted by atomic mass is 32.1. The van der Waals surface area contributed by atoms with Gasteiger partial charge in [-0.15, -0.1) is 11.3 Å². The van der Waals surface area contributed by atoms with Crippen molar-refractivity contribution in [2.24, 2.45) is 5.92 Å². The van der Waals surface area contributed by atoms with Crippen LogP contribution in [0.25, 0.3) is 0 Å². The van der Waals surface area contributed by atoms with Gasteiger partial charge in [0.1, 0.15) is 0 Å². The number of aromatic nitrogens is 1. The molecule has 3 heteroatoms. The first-order valence-corrected chi connectivity index (χ1v) is 6.27. The fourth-order valence-electron chi connectivity index (χ4n) is 1.62. The van der Waals surface area contributed by atoms with Crippen molar-refractivity contribution in [3.63, 3.8) is 0 Å². The average Bonchev–Trinajstić information content (AvgIpc) is 2.81. The number of thiazole rings is 1. The van der Waals surface area contributed by atoms with E-state index < -0.39 is 0 Å². The minimum absolute atomic E-state index is 0.629. The number of hydrogen-bond donors (Lipinski definition) is 1. The number of hydrogen-bond acceptors (Lipinski definition) is 3. The third-order valence-corrected chi connectivity index (χ3v) is 3.74. The Balaban J connectivity index is 1.78. The first kappa shape index (κ1) is 10.1. The number of nitrogens with zero attached hydrogens (tertiary/aromatic N) is 1. The molecule has 0 spiro atoms. The van der Waals surface area contributed by atoms with Gasteiger partial charge in [0.2, 0.25) is 0 Å². The van der Waals surface area contributed by atoms with Gasteiger partial charge in [-0.1, -0.05) is 6.92 Å². The van der Waals surface area contributed by atoms with Crippen molar-refractivity contribution in [2.45, 2.75) is 45.2 Å². The van der Waals surface area contributed by atoms with Crippen molar-refractivity contribution >= 4 is 11.3 Å². The van der Waals surface area contributed by atoms with Gasteiger partial charge in [-0.05, 0) is 32.1 Å². The van der Waals surface area contributed by atoms with E-state index in [1.807, 2.05) is 11.7 Å². The second-order valence-corrected chi connectivity index (χ2v) is 5.35. The molecular formula is C11H18N2S. The summed E-state index contributed by atoms with van der Waals surface area (Å²) in [6.45, 7) is 4.61. The molecule has 1 N–H and O–H groups in total. The molecule has 0 aromatic carbocycles. The van der Waals surface area contributed by atoms with Crippen LogP contribution < -0.4 is 5.32 Å². The molecule has 1 heterocycles. The fraction of sp³-hybridized carbons (Fsp3) is 0.727. The van der Waals surface area contributed by atoms with E-state index in [0.29, 0.717) is 12.0 Å². The Bertz CT molecular complexity index is 267. The molecule has 2 atom stereocenters. The van der Waals surface area contributed by atoms with Crippen LogP contribution in [0.3, 0.4) is 0 Å². The van der Waals surface area contributed by atoms with E-state index in [-0.39, 0.29) is 0 Å². The average molecular weight is 210 g/mol. The van der Waals surface area contributed by atoms with E-state index in [4.69, 9.17) is 0 Å². The molecule has 1 aromatic rings. The second kappa shape index (κ2) is 4.41. The van der Waals surface area contributed by atoms with E-state index in [0.717, 1.165) is 12.5 Å². The summed E-state index contributed by atoms with van der Waals surface area (Å²) in [5.41, 5.74) is 1.92. The Morgan fingerprint density at radius 2 is 2.36 bits per heavy atom. The molecule has 0 amide bonds. The standard InChI is InChI=1S/C11H18N2S/c1-8(5-11-6-12-7-14-11)9(2)13-10-3-4-10/h6-10,13H,3-5H2,1-2H3. The third-order valence-electron chi connectivity index (χ3n) is 2.94. The van der Waals surface area contributed by atoms with Crippen molar-refractivity contribution in [1.82, 2.24) is 10.3 Å². The molecule has 1 aliphatic carbocycles. The van der Waals surface area contributed by atoms with Gasteiger partial charge in [0.05, 0.1) is 5.51 Å². The Morgan fingerprint density at radius 1 is 1.57 bits per heavy atom. The van der Waals surface area contributed by atoms with Crippen molar-refractivity contribution in [3.05, 3.63) is 16.6 Å². The Labute approximate surface area is 89.8 Å². The number of nitrogens with one attached hydrogen (secondary N) is 1. The van der Waals surface area contributed by atoms with E-state index in [9.17, 15) is 0 Å². The molecule has 1 aromatic heterocycles. The van der Waals surface area contributed by atoms with Gasteiger partial charge in [-0.3, -0.25) is 4.98 Å². The summed E-state index contributed by atoms with van der Waals surface area (Å²) in [5.74, 6) is 0.705. The van der Waals surface area contributed by atoms with E-state index in [2.05, 4.69) is 24.1 Å². The molecule has 0 aliphatic heterocycles. The summed E-state index contributed by atoms with van der Waals surface area (Å²) >= 11 is 1.76. The van der Waals surface area contributed by atoms with Crippen LogP contribution in [0.15, 0.2) is 11.7 Å². The van der Waals surface area contributed by atoms with Crippen molar-refractivity contribution in [2.75, 3.05) is 0 Å². The highest BCUT2D eigenvalue weighted by Gasteiger charge is 2.25. The summed E-state index contributed by atoms with van der Waals surface area (Å²) in [4.78, 5) is 5.51. The smallest absolute Gasteiger partial charge is 0.0794 e. The van der Waals surface area contributed by atoms with Crippen molar-refractivity contribution < 1.29 is 0 Å². The zero-order chi connectivity index (χ0) is 9.97. The molecule has 78 valence electrons. The van der Waals surface area contributed by atoms with Gasteiger partial charge >= 0.3 is 0 Å². The zero-order valence-corrected chi connectivity index (χ0v) is 9.68. The minimum Gasteiger partial charge on any atom is -0.311 e. The van der Waals surface area contributed by atoms with Gasteiger partial charge in [0, 0.05) is 23.2 Å². The predicted molar refractivity (Wildman–Crippen MR) is 60.6 cm³/mol. The van der Waals surface area contributed by atoms with E-state index >= 15 is 0 Å². The Morgan fingerprint density at radius 3 is 2.93 bits per heavy atom. The minimum atomic E-state index is 0.629. The van der Waals surface area contributed by atoms with E-state index in [1.165, 1.54) is 17.7 Å². The second-order valence-electron chi connectivity index (χ2n) is 4.38. The van der Waals surface area contributed by atoms with Crippen LogP contribution in [0, 0.1) is 5.92 Å². The van der Waals surface area contributed by atoms with Crippen molar-refractivity contribution in [1.29, 1.82) is 0 Å². The Hall–Kier alpha value is -0.410. The molecule has 2 rings (SSSR count). The maximum atomic E-state index is 4.11. The fourth-order valence-corrected chi connectivity index (χ4v) is 2.36. The van der Waals surface area contributed by atoms with Crippen LogP contribution in [0.5, 0.6) is 0 Å². The molecule has 1 saturated carbocycles. The molecule has 0 saturated heterocycles. The largest absolute Gasteiger partial charge is 0.311 e. The van der Waals surface area contributed by atoms with Gasteiger partial charge in [0.15, 0.2) is 0 Å². The molecule has 2 unspecified atom stereocenters. The van der Waals surface area contributed by atoms with E-state index in [1.54, 1.807) is 11.3 Å². The molecular weight excluding hydrogens is 192 g/mol. The molecule has 2 nitrogen and oxygen atoms in total. The zero-order valence-electron chi connectivity index (χ0n) is 8.86. The normalized spacial score (nSPS) is 20.7. The monoisotopic (exact) mass is 210 g/mol. The first-order valence-electron chi connectivity index (χ1n) is 5.39. The lowest BCUT2D eigenvalue weighted by Gasteiger charge is -2.20. The molecule has 1 fully saturated rings. The van der Waals surface area contributed by atoms with Gasteiger partial charge in [0.25, 0.3) is 0 Å². The van der Waals surface area contributed by atoms with Crippen LogP contribution in [-0.4, -0.2) is 17.1 Å². The summed E-state index contributed by atoms with van der Waals surface area (Å²) in [6, 6.07) is 1.44. The maximum absolute atomic E-state index is 4.11. The Kier molecular flexibility index (Phi) is 3.19. The van der Waals surface area contributed by atoms with Crippen LogP contribution >= 0.6 is 11.3 Å². The molecule has 1 aliphatic rings. The number of rotatable bonds is 5. The van der Waals surface area contributed by atoms with Crippen LogP contribution in [0.2, 0.25) is 0 Å². The molecule has 0 radical (unpaired) electrons. The predicted octanol–water partition coefficient (Wildman–Crippen LogP) is 2.46. The highest BCUT2D eigenvalue weighted by Crippen LogP contribution is 2.22. The maximum Gasteiger partial charge on any atom is 0.0794 e. The van der Waals surface area contributed by atoms with Gasteiger partial charge in [-0.2, -0.15) is 0 Å². The topological polar surface area (TPSA) is 24.9 Å². The first-order chi connectivity index (χ1) is 6.75. The van der Waals surface area contributed by atoms with Gasteiger partial charge < -0.3 is 5.32 Å². The SMILES string of the molecule is CC(Cc1cncs1)C(C)NC1CC1. The van der Waals surface area contributed by atoms with Crippen LogP contribution in [-0.2, 0) is 6.42 Å². The van der Waals surface area contributed by atoms with Crippen LogP contribution in [0.1, 0.15) is 31.6 Å². The van der Waals surface area contributed by atoms with Gasteiger partial charge in [-0.25, -0.2) is 0 Å². The molecule has 14 heavy (non-hydrogen) atoms. The summed E-state index contributed by atoms with van der Waals surface area (Å²) in [7, 11) is 0. The molecule has 0 bridgehead atoms. The lowest BCUT2D eigenvalue weighted by Crippen LogP contribution is -2.34. The van der Waals surface area contributed by atoms with Crippen molar-refractivity contribution in [3.8, 4) is 0 Å². The summed E-state index contributed by atoms with van der Waals surface area (Å²) in [5, 5.41) is 3.65.